The summed E-state index contributed by atoms with van der Waals surface area (Å²) >= 11 is 0. The van der Waals surface area contributed by atoms with Crippen LogP contribution in [0.3, 0.4) is 0 Å². The van der Waals surface area contributed by atoms with Gasteiger partial charge < -0.3 is 29.3 Å². The molecule has 9 nitrogen and oxygen atoms in total. The SMILES string of the molecule is C=CCN(CCC)C(=O)[C@@H]1[C@H]2C(=O)N(CCCO)C(C(=O)N(CC=C)c3ccc(OC)cc3)C23CC[C@@]1(C)O3. The third kappa shape index (κ3) is 4.76. The Balaban J connectivity index is 1.77. The first kappa shape index (κ1) is 28.8. The van der Waals surface area contributed by atoms with Crippen molar-refractivity contribution >= 4 is 23.4 Å². The quantitative estimate of drug-likeness (QED) is 0.387. The van der Waals surface area contributed by atoms with E-state index in [9.17, 15) is 19.5 Å². The summed E-state index contributed by atoms with van der Waals surface area (Å²) in [6.07, 6.45) is 5.49. The number of aliphatic hydroxyl groups excluding tert-OH is 1. The van der Waals surface area contributed by atoms with Gasteiger partial charge in [0.1, 0.15) is 17.4 Å². The van der Waals surface area contributed by atoms with Crippen LogP contribution in [0.25, 0.3) is 0 Å². The molecule has 2 bridgehead atoms. The van der Waals surface area contributed by atoms with Gasteiger partial charge in [0.05, 0.1) is 24.5 Å². The Hall–Kier alpha value is -3.17. The Morgan fingerprint density at radius 1 is 1.18 bits per heavy atom. The Bertz CT molecular complexity index is 1110. The Kier molecular flexibility index (Phi) is 8.51. The molecule has 0 saturated carbocycles. The maximum atomic E-state index is 14.5. The van der Waals surface area contributed by atoms with E-state index in [-0.39, 0.29) is 37.4 Å². The lowest BCUT2D eigenvalue weighted by atomic mass is 9.66. The summed E-state index contributed by atoms with van der Waals surface area (Å²) in [5, 5.41) is 9.60. The predicted octanol–water partition coefficient (Wildman–Crippen LogP) is 2.79. The number of hydrogen-bond acceptors (Lipinski definition) is 6. The fourth-order valence-corrected chi connectivity index (χ4v) is 6.84. The lowest BCUT2D eigenvalue weighted by molar-refractivity contribution is -0.149. The largest absolute Gasteiger partial charge is 0.497 e. The van der Waals surface area contributed by atoms with Gasteiger partial charge in [-0.25, -0.2) is 0 Å². The molecule has 39 heavy (non-hydrogen) atoms. The molecule has 2 unspecified atom stereocenters. The summed E-state index contributed by atoms with van der Waals surface area (Å²) in [6.45, 7) is 12.8. The molecule has 3 heterocycles. The number of benzene rings is 1. The molecule has 0 aromatic heterocycles. The average Bonchev–Trinajstić information content (AvgIpc) is 3.50. The Labute approximate surface area is 231 Å². The van der Waals surface area contributed by atoms with Crippen molar-refractivity contribution in [3.8, 4) is 5.75 Å². The second-order valence-electron chi connectivity index (χ2n) is 10.8. The molecule has 0 aliphatic carbocycles. The molecule has 3 saturated heterocycles. The van der Waals surface area contributed by atoms with Crippen molar-refractivity contribution in [2.75, 3.05) is 44.8 Å². The number of nitrogens with zero attached hydrogens (tertiary/aromatic N) is 3. The van der Waals surface area contributed by atoms with Crippen LogP contribution in [0.4, 0.5) is 5.69 Å². The first-order valence-corrected chi connectivity index (χ1v) is 13.8. The minimum Gasteiger partial charge on any atom is -0.497 e. The van der Waals surface area contributed by atoms with Crippen molar-refractivity contribution in [3.05, 3.63) is 49.6 Å². The van der Waals surface area contributed by atoms with E-state index in [1.807, 2.05) is 13.8 Å². The van der Waals surface area contributed by atoms with E-state index >= 15 is 0 Å². The fourth-order valence-electron chi connectivity index (χ4n) is 6.84. The van der Waals surface area contributed by atoms with Gasteiger partial charge in [-0.05, 0) is 56.9 Å². The monoisotopic (exact) mass is 539 g/mol. The molecule has 3 aliphatic heterocycles. The first-order valence-electron chi connectivity index (χ1n) is 13.8. The van der Waals surface area contributed by atoms with E-state index < -0.39 is 29.1 Å². The number of amides is 3. The van der Waals surface area contributed by atoms with Gasteiger partial charge >= 0.3 is 0 Å². The lowest BCUT2D eigenvalue weighted by Gasteiger charge is -2.37. The first-order chi connectivity index (χ1) is 18.7. The highest BCUT2D eigenvalue weighted by atomic mass is 16.5. The molecule has 1 N–H and O–H groups in total. The highest BCUT2D eigenvalue weighted by Gasteiger charge is 2.78. The molecule has 9 heteroatoms. The van der Waals surface area contributed by atoms with Crippen molar-refractivity contribution in [3.63, 3.8) is 0 Å². The highest BCUT2D eigenvalue weighted by Crippen LogP contribution is 2.63. The van der Waals surface area contributed by atoms with E-state index in [0.29, 0.717) is 43.8 Å². The maximum absolute atomic E-state index is 14.5. The van der Waals surface area contributed by atoms with Crippen molar-refractivity contribution in [1.29, 1.82) is 0 Å². The standard InChI is InChI=1S/C30H41N3O6/c1-6-16-31(17-7-2)26(35)23-24-27(36)33(19-9-20-34)25(30(24)15-14-29(23,4)39-30)28(37)32(18-8-3)21-10-12-22(38-5)13-11-21/h6,8,10-13,23-25,34H,1,3,7,9,14-20H2,2,4-5H3/t23-,24-,25?,29+,30?/m0/s1. The number of rotatable bonds is 13. The van der Waals surface area contributed by atoms with E-state index in [2.05, 4.69) is 13.2 Å². The van der Waals surface area contributed by atoms with Crippen LogP contribution < -0.4 is 9.64 Å². The van der Waals surface area contributed by atoms with Crippen molar-refractivity contribution in [2.45, 2.75) is 56.8 Å². The minimum atomic E-state index is -1.13. The molecule has 5 atom stereocenters. The van der Waals surface area contributed by atoms with Gasteiger partial charge in [0.2, 0.25) is 11.8 Å². The van der Waals surface area contributed by atoms with Gasteiger partial charge in [-0.1, -0.05) is 19.1 Å². The number of likely N-dealkylation sites (tertiary alicyclic amines) is 1. The third-order valence-corrected chi connectivity index (χ3v) is 8.45. The van der Waals surface area contributed by atoms with Crippen molar-refractivity contribution in [1.82, 2.24) is 9.80 Å². The summed E-state index contributed by atoms with van der Waals surface area (Å²) in [4.78, 5) is 47.5. The molecule has 0 radical (unpaired) electrons. The number of fused-ring (bicyclic) bond motifs is 1. The van der Waals surface area contributed by atoms with Crippen molar-refractivity contribution in [2.24, 2.45) is 11.8 Å². The molecule has 1 aromatic rings. The van der Waals surface area contributed by atoms with Crippen LogP contribution in [-0.2, 0) is 19.1 Å². The Morgan fingerprint density at radius 2 is 1.87 bits per heavy atom. The van der Waals surface area contributed by atoms with Crippen LogP contribution >= 0.6 is 0 Å². The molecular formula is C30H41N3O6. The second-order valence-corrected chi connectivity index (χ2v) is 10.8. The van der Waals surface area contributed by atoms with E-state index in [1.165, 1.54) is 0 Å². The van der Waals surface area contributed by atoms with E-state index in [0.717, 1.165) is 6.42 Å². The number of aliphatic hydroxyl groups is 1. The van der Waals surface area contributed by atoms with E-state index in [4.69, 9.17) is 9.47 Å². The van der Waals surface area contributed by atoms with Gasteiger partial charge in [0.15, 0.2) is 0 Å². The smallest absolute Gasteiger partial charge is 0.253 e. The number of ether oxygens (including phenoxy) is 2. The van der Waals surface area contributed by atoms with Crippen LogP contribution in [0, 0.1) is 11.8 Å². The van der Waals surface area contributed by atoms with Gasteiger partial charge in [-0.2, -0.15) is 0 Å². The fraction of sp³-hybridized carbons (Fsp3) is 0.567. The zero-order valence-corrected chi connectivity index (χ0v) is 23.3. The molecule has 4 rings (SSSR count). The summed E-state index contributed by atoms with van der Waals surface area (Å²) < 4.78 is 12.0. The number of hydrogen-bond donors (Lipinski definition) is 1. The van der Waals surface area contributed by atoms with Crippen LogP contribution in [0.15, 0.2) is 49.6 Å². The Morgan fingerprint density at radius 3 is 2.46 bits per heavy atom. The van der Waals surface area contributed by atoms with Crippen molar-refractivity contribution < 1.29 is 29.0 Å². The summed E-state index contributed by atoms with van der Waals surface area (Å²) in [7, 11) is 1.58. The summed E-state index contributed by atoms with van der Waals surface area (Å²) in [6, 6.07) is 6.21. The lowest BCUT2D eigenvalue weighted by Crippen LogP contribution is -2.56. The van der Waals surface area contributed by atoms with Gasteiger partial charge in [0, 0.05) is 38.5 Å². The van der Waals surface area contributed by atoms with Crippen LogP contribution in [-0.4, -0.2) is 89.8 Å². The molecule has 1 spiro atoms. The van der Waals surface area contributed by atoms with Gasteiger partial charge in [-0.15, -0.1) is 13.2 Å². The topological polar surface area (TPSA) is 99.6 Å². The van der Waals surface area contributed by atoms with Crippen LogP contribution in [0.1, 0.15) is 39.5 Å². The summed E-state index contributed by atoms with van der Waals surface area (Å²) in [5.74, 6) is -1.50. The normalized spacial score (nSPS) is 28.8. The summed E-state index contributed by atoms with van der Waals surface area (Å²) in [5.41, 5.74) is -1.34. The predicted molar refractivity (Wildman–Crippen MR) is 148 cm³/mol. The average molecular weight is 540 g/mol. The number of methoxy groups -OCH3 is 1. The minimum absolute atomic E-state index is 0.123. The molecule has 3 fully saturated rings. The van der Waals surface area contributed by atoms with Crippen LogP contribution in [0.2, 0.25) is 0 Å². The number of carbonyl (C=O) groups is 3. The zero-order valence-electron chi connectivity index (χ0n) is 23.3. The zero-order chi connectivity index (χ0) is 28.4. The molecule has 212 valence electrons. The second kappa shape index (κ2) is 11.5. The molecule has 3 amide bonds. The highest BCUT2D eigenvalue weighted by molar-refractivity contribution is 6.05. The van der Waals surface area contributed by atoms with E-state index in [1.54, 1.807) is 58.2 Å². The molecular weight excluding hydrogens is 498 g/mol. The third-order valence-electron chi connectivity index (χ3n) is 8.45. The molecule has 3 aliphatic rings. The number of carbonyl (C=O) groups excluding carboxylic acids is 3. The van der Waals surface area contributed by atoms with Gasteiger partial charge in [0.25, 0.3) is 5.91 Å². The van der Waals surface area contributed by atoms with Crippen LogP contribution in [0.5, 0.6) is 5.75 Å². The maximum Gasteiger partial charge on any atom is 0.253 e. The van der Waals surface area contributed by atoms with Gasteiger partial charge in [-0.3, -0.25) is 14.4 Å². The molecule has 1 aromatic carbocycles. The number of anilines is 1.